The zero-order chi connectivity index (χ0) is 17.7. The molecule has 0 N–H and O–H groups in total. The number of hydrogen-bond acceptors (Lipinski definition) is 4. The molecule has 6 heteroatoms. The minimum absolute atomic E-state index is 0.171. The van der Waals surface area contributed by atoms with Gasteiger partial charge in [-0.05, 0) is 24.6 Å². The number of nitriles is 1. The molecule has 24 heavy (non-hydrogen) atoms. The molecule has 0 radical (unpaired) electrons. The Balaban J connectivity index is 1.98. The highest BCUT2D eigenvalue weighted by Gasteiger charge is 2.33. The van der Waals surface area contributed by atoms with E-state index in [1.54, 1.807) is 19.2 Å². The Bertz CT molecular complexity index is 632. The molecule has 1 aliphatic heterocycles. The second-order valence-electron chi connectivity index (χ2n) is 6.68. The molecule has 2 rings (SSSR count). The second kappa shape index (κ2) is 7.87. The predicted molar refractivity (Wildman–Crippen MR) is 95.2 cm³/mol. The number of piperazine rings is 1. The lowest BCUT2D eigenvalue weighted by Gasteiger charge is -2.39. The van der Waals surface area contributed by atoms with Gasteiger partial charge in [0, 0.05) is 45.3 Å². The van der Waals surface area contributed by atoms with Crippen LogP contribution in [0.25, 0.3) is 0 Å². The summed E-state index contributed by atoms with van der Waals surface area (Å²) in [5, 5.41) is 9.50. The van der Waals surface area contributed by atoms with E-state index in [0.717, 1.165) is 18.8 Å². The minimum atomic E-state index is -0.412. The highest BCUT2D eigenvalue weighted by molar-refractivity contribution is 6.33. The Hall–Kier alpha value is -1.77. The zero-order valence-corrected chi connectivity index (χ0v) is 15.3. The number of amides is 1. The number of benzene rings is 1. The Morgan fingerprint density at radius 1 is 1.33 bits per heavy atom. The van der Waals surface area contributed by atoms with Crippen molar-refractivity contribution in [2.75, 3.05) is 44.8 Å². The molecule has 0 aromatic heterocycles. The molecule has 1 fully saturated rings. The third kappa shape index (κ3) is 4.19. The van der Waals surface area contributed by atoms with Crippen molar-refractivity contribution in [1.82, 2.24) is 4.90 Å². The third-order valence-corrected chi connectivity index (χ3v) is 4.80. The number of anilines is 1. The maximum absolute atomic E-state index is 12.7. The van der Waals surface area contributed by atoms with Crippen LogP contribution in [0, 0.1) is 16.7 Å². The van der Waals surface area contributed by atoms with Crippen molar-refractivity contribution >= 4 is 23.2 Å². The van der Waals surface area contributed by atoms with Crippen LogP contribution >= 0.6 is 11.6 Å². The van der Waals surface area contributed by atoms with E-state index in [1.807, 2.05) is 24.8 Å². The number of carbonyl (C=O) groups excluding carboxylic acids is 1. The summed E-state index contributed by atoms with van der Waals surface area (Å²) in [6.07, 6.45) is 0.712. The number of hydrogen-bond donors (Lipinski definition) is 0. The van der Waals surface area contributed by atoms with Crippen LogP contribution in [0.3, 0.4) is 0 Å². The van der Waals surface area contributed by atoms with Crippen molar-refractivity contribution in [3.8, 4) is 6.07 Å². The molecule has 1 aliphatic rings. The number of carbonyl (C=O) groups is 1. The summed E-state index contributed by atoms with van der Waals surface area (Å²) in [5.41, 5.74) is 1.06. The summed E-state index contributed by atoms with van der Waals surface area (Å²) < 4.78 is 5.11. The first-order valence-electron chi connectivity index (χ1n) is 8.12. The van der Waals surface area contributed by atoms with Crippen LogP contribution in [0.1, 0.15) is 25.8 Å². The number of methoxy groups -OCH3 is 1. The van der Waals surface area contributed by atoms with Gasteiger partial charge in [0.2, 0.25) is 5.91 Å². The average Bonchev–Trinajstić information content (AvgIpc) is 2.59. The van der Waals surface area contributed by atoms with Crippen molar-refractivity contribution in [3.63, 3.8) is 0 Å². The highest BCUT2D eigenvalue weighted by atomic mass is 35.5. The van der Waals surface area contributed by atoms with Gasteiger partial charge in [-0.25, -0.2) is 0 Å². The van der Waals surface area contributed by atoms with E-state index in [9.17, 15) is 4.79 Å². The molecule has 0 atom stereocenters. The normalized spacial score (nSPS) is 15.3. The van der Waals surface area contributed by atoms with Gasteiger partial charge in [0.15, 0.2) is 0 Å². The number of halogens is 1. The van der Waals surface area contributed by atoms with Gasteiger partial charge < -0.3 is 14.5 Å². The molecule has 0 unspecified atom stereocenters. The van der Waals surface area contributed by atoms with Crippen molar-refractivity contribution < 1.29 is 9.53 Å². The van der Waals surface area contributed by atoms with E-state index in [2.05, 4.69) is 11.0 Å². The van der Waals surface area contributed by atoms with Crippen LogP contribution in [-0.4, -0.2) is 50.7 Å². The number of ether oxygens (including phenoxy) is 1. The number of nitrogens with zero attached hydrogens (tertiary/aromatic N) is 3. The topological polar surface area (TPSA) is 56.6 Å². The molecule has 1 heterocycles. The summed E-state index contributed by atoms with van der Waals surface area (Å²) in [4.78, 5) is 16.8. The first kappa shape index (κ1) is 18.6. The van der Waals surface area contributed by atoms with Gasteiger partial charge in [-0.2, -0.15) is 5.26 Å². The van der Waals surface area contributed by atoms with E-state index in [-0.39, 0.29) is 5.91 Å². The van der Waals surface area contributed by atoms with Gasteiger partial charge in [0.1, 0.15) is 0 Å². The molecule has 0 bridgehead atoms. The van der Waals surface area contributed by atoms with Gasteiger partial charge in [-0.3, -0.25) is 4.79 Å². The fourth-order valence-corrected chi connectivity index (χ4v) is 3.18. The lowest BCUT2D eigenvalue weighted by molar-refractivity contribution is -0.141. The van der Waals surface area contributed by atoms with Crippen LogP contribution in [0.4, 0.5) is 5.69 Å². The van der Waals surface area contributed by atoms with Gasteiger partial charge in [-0.1, -0.05) is 25.4 Å². The summed E-state index contributed by atoms with van der Waals surface area (Å²) in [6.45, 7) is 7.34. The fourth-order valence-electron chi connectivity index (χ4n) is 2.88. The molecule has 5 nitrogen and oxygen atoms in total. The molecule has 1 amide bonds. The standard InChI is InChI=1S/C18H24ClN3O2/c1-18(2,6-11-24-3)17(23)22-9-7-21(8-10-22)16-5-4-14(13-20)12-15(16)19/h4-5,12H,6-11H2,1-3H3. The quantitative estimate of drug-likeness (QED) is 0.820. The average molecular weight is 350 g/mol. The maximum atomic E-state index is 12.7. The summed E-state index contributed by atoms with van der Waals surface area (Å²) in [5.74, 6) is 0.171. The molecular formula is C18H24ClN3O2. The summed E-state index contributed by atoms with van der Waals surface area (Å²) >= 11 is 6.28. The van der Waals surface area contributed by atoms with Gasteiger partial charge in [0.05, 0.1) is 22.3 Å². The molecule has 130 valence electrons. The minimum Gasteiger partial charge on any atom is -0.385 e. The van der Waals surface area contributed by atoms with E-state index in [0.29, 0.717) is 36.7 Å². The lowest BCUT2D eigenvalue weighted by Crippen LogP contribution is -2.52. The zero-order valence-electron chi connectivity index (χ0n) is 14.5. The van der Waals surface area contributed by atoms with Crippen LogP contribution in [0.5, 0.6) is 0 Å². The van der Waals surface area contributed by atoms with Crippen LogP contribution in [-0.2, 0) is 9.53 Å². The SMILES string of the molecule is COCCC(C)(C)C(=O)N1CCN(c2ccc(C#N)cc2Cl)CC1. The molecule has 1 aromatic rings. The Labute approximate surface area is 148 Å². The van der Waals surface area contributed by atoms with Crippen molar-refractivity contribution in [2.45, 2.75) is 20.3 Å². The van der Waals surface area contributed by atoms with E-state index in [1.165, 1.54) is 0 Å². The molecule has 1 saturated heterocycles. The fraction of sp³-hybridized carbons (Fsp3) is 0.556. The van der Waals surface area contributed by atoms with Crippen LogP contribution < -0.4 is 4.90 Å². The predicted octanol–water partition coefficient (Wildman–Crippen LogP) is 2.92. The summed E-state index contributed by atoms with van der Waals surface area (Å²) in [6, 6.07) is 7.42. The molecule has 0 saturated carbocycles. The third-order valence-electron chi connectivity index (χ3n) is 4.49. The van der Waals surface area contributed by atoms with Crippen molar-refractivity contribution in [2.24, 2.45) is 5.41 Å². The molecule has 0 spiro atoms. The largest absolute Gasteiger partial charge is 0.385 e. The van der Waals surface area contributed by atoms with E-state index >= 15 is 0 Å². The highest BCUT2D eigenvalue weighted by Crippen LogP contribution is 2.29. The second-order valence-corrected chi connectivity index (χ2v) is 7.09. The Kier molecular flexibility index (Phi) is 6.09. The van der Waals surface area contributed by atoms with Crippen LogP contribution in [0.2, 0.25) is 5.02 Å². The van der Waals surface area contributed by atoms with Gasteiger partial charge >= 0.3 is 0 Å². The number of rotatable bonds is 5. The lowest BCUT2D eigenvalue weighted by atomic mass is 9.87. The molecule has 0 aliphatic carbocycles. The van der Waals surface area contributed by atoms with E-state index < -0.39 is 5.41 Å². The molecule has 1 aromatic carbocycles. The van der Waals surface area contributed by atoms with Gasteiger partial charge in [-0.15, -0.1) is 0 Å². The maximum Gasteiger partial charge on any atom is 0.228 e. The monoisotopic (exact) mass is 349 g/mol. The first-order chi connectivity index (χ1) is 11.4. The summed E-state index contributed by atoms with van der Waals surface area (Å²) in [7, 11) is 1.65. The van der Waals surface area contributed by atoms with Crippen molar-refractivity contribution in [3.05, 3.63) is 28.8 Å². The smallest absolute Gasteiger partial charge is 0.228 e. The van der Waals surface area contributed by atoms with Crippen molar-refractivity contribution in [1.29, 1.82) is 5.26 Å². The van der Waals surface area contributed by atoms with Crippen LogP contribution in [0.15, 0.2) is 18.2 Å². The molecular weight excluding hydrogens is 326 g/mol. The Morgan fingerprint density at radius 2 is 2.00 bits per heavy atom. The van der Waals surface area contributed by atoms with Gasteiger partial charge in [0.25, 0.3) is 0 Å². The van der Waals surface area contributed by atoms with E-state index in [4.69, 9.17) is 21.6 Å². The Morgan fingerprint density at radius 3 is 2.54 bits per heavy atom. The first-order valence-corrected chi connectivity index (χ1v) is 8.50.